The number of nitrogens with two attached hydrogens (primary N) is 3. The highest BCUT2D eigenvalue weighted by Crippen LogP contribution is 2.39. The number of hydrogen-bond acceptors (Lipinski definition) is 8. The Balaban J connectivity index is 1.67. The van der Waals surface area contributed by atoms with E-state index >= 15 is 0 Å². The SMILES string of the molecule is NC(=O)[C@H](CCCN=C(N)N)NC(=O)[C@@H](Cc1ccccc1)NC(=O)[C@H](Cc1cnc[nH]1)NC(=O)CCCCC1CCSS1. The van der Waals surface area contributed by atoms with Crippen molar-refractivity contribution >= 4 is 51.2 Å². The Morgan fingerprint density at radius 1 is 0.955 bits per heavy atom. The van der Waals surface area contributed by atoms with Gasteiger partial charge in [-0.15, -0.1) is 0 Å². The number of H-pyrrole nitrogens is 1. The summed E-state index contributed by atoms with van der Waals surface area (Å²) in [5.74, 6) is -0.977. The van der Waals surface area contributed by atoms with Crippen LogP contribution in [0.1, 0.15) is 56.2 Å². The molecule has 15 heteroatoms. The number of aromatic amines is 1. The highest BCUT2D eigenvalue weighted by Gasteiger charge is 2.30. The van der Waals surface area contributed by atoms with Crippen molar-refractivity contribution < 1.29 is 19.2 Å². The van der Waals surface area contributed by atoms with Crippen LogP contribution < -0.4 is 33.2 Å². The van der Waals surface area contributed by atoms with Crippen molar-refractivity contribution in [2.75, 3.05) is 12.3 Å². The summed E-state index contributed by atoms with van der Waals surface area (Å²) in [6, 6.07) is 6.17. The molecule has 0 spiro atoms. The van der Waals surface area contributed by atoms with E-state index in [0.29, 0.717) is 23.8 Å². The van der Waals surface area contributed by atoms with E-state index in [4.69, 9.17) is 17.2 Å². The maximum Gasteiger partial charge on any atom is 0.243 e. The number of hydrogen-bond donors (Lipinski definition) is 7. The Bertz CT molecular complexity index is 1220. The average Bonchev–Trinajstić information content (AvgIpc) is 3.71. The van der Waals surface area contributed by atoms with Gasteiger partial charge in [-0.2, -0.15) is 0 Å². The van der Waals surface area contributed by atoms with E-state index in [9.17, 15) is 19.2 Å². The van der Waals surface area contributed by atoms with E-state index in [0.717, 1.165) is 24.8 Å². The van der Waals surface area contributed by atoms with Crippen LogP contribution >= 0.6 is 21.6 Å². The van der Waals surface area contributed by atoms with Crippen LogP contribution in [0.25, 0.3) is 0 Å². The van der Waals surface area contributed by atoms with Crippen molar-refractivity contribution in [2.45, 2.75) is 81.2 Å². The van der Waals surface area contributed by atoms with Crippen LogP contribution in [-0.2, 0) is 32.0 Å². The fourth-order valence-corrected chi connectivity index (χ4v) is 7.73. The highest BCUT2D eigenvalue weighted by atomic mass is 33.1. The molecule has 1 aromatic carbocycles. The number of guanidine groups is 1. The summed E-state index contributed by atoms with van der Waals surface area (Å²) in [6.07, 6.45) is 8.22. The fraction of sp³-hybridized carbons (Fsp3) is 0.517. The maximum absolute atomic E-state index is 13.6. The zero-order valence-corrected chi connectivity index (χ0v) is 26.3. The number of benzene rings is 1. The van der Waals surface area contributed by atoms with E-state index in [2.05, 4.69) is 30.9 Å². The second-order valence-corrected chi connectivity index (χ2v) is 13.4. The third kappa shape index (κ3) is 12.9. The Morgan fingerprint density at radius 2 is 1.68 bits per heavy atom. The summed E-state index contributed by atoms with van der Waals surface area (Å²) in [7, 11) is 3.82. The number of rotatable bonds is 19. The zero-order chi connectivity index (χ0) is 31.7. The summed E-state index contributed by atoms with van der Waals surface area (Å²) in [5, 5.41) is 8.96. The number of amides is 4. The van der Waals surface area contributed by atoms with Gasteiger partial charge in [0.05, 0.1) is 6.33 Å². The number of nitrogens with one attached hydrogen (secondary N) is 4. The number of aliphatic imine (C=N–C) groups is 1. The van der Waals surface area contributed by atoms with Crippen molar-refractivity contribution in [2.24, 2.45) is 22.2 Å². The lowest BCUT2D eigenvalue weighted by Gasteiger charge is -2.25. The quantitative estimate of drug-likeness (QED) is 0.0498. The van der Waals surface area contributed by atoms with Crippen molar-refractivity contribution in [1.82, 2.24) is 25.9 Å². The predicted octanol–water partition coefficient (Wildman–Crippen LogP) is 0.902. The van der Waals surface area contributed by atoms with Gasteiger partial charge in [-0.1, -0.05) is 58.3 Å². The molecule has 1 unspecified atom stereocenters. The minimum absolute atomic E-state index is 0.0746. The number of primary amides is 1. The fourth-order valence-electron chi connectivity index (χ4n) is 4.71. The van der Waals surface area contributed by atoms with Gasteiger partial charge in [-0.3, -0.25) is 24.2 Å². The summed E-state index contributed by atoms with van der Waals surface area (Å²) >= 11 is 0. The van der Waals surface area contributed by atoms with Gasteiger partial charge >= 0.3 is 0 Å². The summed E-state index contributed by atoms with van der Waals surface area (Å²) in [4.78, 5) is 63.0. The molecule has 1 aliphatic heterocycles. The van der Waals surface area contributed by atoms with Crippen LogP contribution in [0, 0.1) is 0 Å². The lowest BCUT2D eigenvalue weighted by atomic mass is 10.0. The predicted molar refractivity (Wildman–Crippen MR) is 174 cm³/mol. The summed E-state index contributed by atoms with van der Waals surface area (Å²) in [5.41, 5.74) is 17.7. The van der Waals surface area contributed by atoms with Crippen LogP contribution in [0.15, 0.2) is 47.8 Å². The monoisotopic (exact) mass is 645 g/mol. The second kappa shape index (κ2) is 18.8. The molecule has 4 amide bonds. The number of carbonyl (C=O) groups is 4. The zero-order valence-electron chi connectivity index (χ0n) is 24.7. The first-order valence-electron chi connectivity index (χ1n) is 14.8. The minimum Gasteiger partial charge on any atom is -0.370 e. The van der Waals surface area contributed by atoms with E-state index in [1.54, 1.807) is 6.20 Å². The number of carbonyl (C=O) groups excluding carboxylic acids is 4. The van der Waals surface area contributed by atoms with Gasteiger partial charge in [0.25, 0.3) is 0 Å². The third-order valence-electron chi connectivity index (χ3n) is 7.06. The maximum atomic E-state index is 13.6. The smallest absolute Gasteiger partial charge is 0.243 e. The first-order valence-corrected chi connectivity index (χ1v) is 17.1. The standard InChI is InChI=1S/C29H43N9O4S2/c30-26(40)22(10-6-13-34-29(31)32)37-27(41)23(15-19-7-2-1-3-8-19)38-28(42)24(16-20-17-33-18-35-20)36-25(39)11-5-4-9-21-12-14-43-44-21/h1-3,7-8,17-18,21-24H,4-6,9-16H2,(H2,30,40)(H,33,35)(H,36,39)(H,37,41)(H,38,42)(H4,31,32,34)/t21?,22-,23+,24-/m0/s1. The molecule has 240 valence electrons. The second-order valence-electron chi connectivity index (χ2n) is 10.6. The topological polar surface area (TPSA) is 223 Å². The largest absolute Gasteiger partial charge is 0.370 e. The molecule has 2 heterocycles. The molecule has 13 nitrogen and oxygen atoms in total. The number of unbranched alkanes of at least 4 members (excludes halogenated alkanes) is 1. The Kier molecular flexibility index (Phi) is 14.9. The molecule has 1 aliphatic rings. The van der Waals surface area contributed by atoms with Crippen molar-refractivity contribution in [1.29, 1.82) is 0 Å². The molecule has 0 aliphatic carbocycles. The van der Waals surface area contributed by atoms with Gasteiger partial charge in [-0.05, 0) is 37.7 Å². The molecule has 0 bridgehead atoms. The molecule has 10 N–H and O–H groups in total. The number of nitrogens with zero attached hydrogens (tertiary/aromatic N) is 2. The molecule has 1 fully saturated rings. The van der Waals surface area contributed by atoms with E-state index in [-0.39, 0.29) is 37.7 Å². The van der Waals surface area contributed by atoms with Gasteiger partial charge in [0.1, 0.15) is 18.1 Å². The van der Waals surface area contributed by atoms with Crippen LogP contribution in [0.5, 0.6) is 0 Å². The molecule has 1 aromatic heterocycles. The molecule has 2 aromatic rings. The van der Waals surface area contributed by atoms with Crippen LogP contribution in [0.3, 0.4) is 0 Å². The third-order valence-corrected chi connectivity index (χ3v) is 10.1. The molecule has 3 rings (SSSR count). The van der Waals surface area contributed by atoms with Crippen molar-refractivity contribution in [3.8, 4) is 0 Å². The molecule has 1 saturated heterocycles. The van der Waals surface area contributed by atoms with Gasteiger partial charge < -0.3 is 38.1 Å². The minimum atomic E-state index is -1.05. The van der Waals surface area contributed by atoms with Crippen LogP contribution in [-0.4, -0.2) is 75.2 Å². The van der Waals surface area contributed by atoms with Gasteiger partial charge in [0, 0.05) is 48.7 Å². The first-order chi connectivity index (χ1) is 21.2. The highest BCUT2D eigenvalue weighted by molar-refractivity contribution is 8.77. The molecular formula is C29H43N9O4S2. The number of imidazole rings is 1. The molecule has 44 heavy (non-hydrogen) atoms. The number of aromatic nitrogens is 2. The lowest BCUT2D eigenvalue weighted by Crippen LogP contribution is -2.57. The Labute approximate surface area is 265 Å². The summed E-state index contributed by atoms with van der Waals surface area (Å²) < 4.78 is 0. The van der Waals surface area contributed by atoms with Crippen LogP contribution in [0.2, 0.25) is 0 Å². The molecular weight excluding hydrogens is 603 g/mol. The summed E-state index contributed by atoms with van der Waals surface area (Å²) in [6.45, 7) is 0.264. The lowest BCUT2D eigenvalue weighted by molar-refractivity contribution is -0.133. The van der Waals surface area contributed by atoms with Gasteiger partial charge in [0.15, 0.2) is 5.96 Å². The van der Waals surface area contributed by atoms with E-state index < -0.39 is 35.8 Å². The molecule has 0 saturated carbocycles. The van der Waals surface area contributed by atoms with Crippen LogP contribution in [0.4, 0.5) is 0 Å². The average molecular weight is 646 g/mol. The normalized spacial score (nSPS) is 16.3. The van der Waals surface area contributed by atoms with Crippen molar-refractivity contribution in [3.63, 3.8) is 0 Å². The van der Waals surface area contributed by atoms with E-state index in [1.165, 1.54) is 18.5 Å². The molecule has 0 radical (unpaired) electrons. The van der Waals surface area contributed by atoms with E-state index in [1.807, 2.05) is 51.9 Å². The Morgan fingerprint density at radius 3 is 2.32 bits per heavy atom. The van der Waals surface area contributed by atoms with Crippen molar-refractivity contribution in [3.05, 3.63) is 54.1 Å². The van der Waals surface area contributed by atoms with Gasteiger partial charge in [-0.25, -0.2) is 4.98 Å². The first kappa shape index (κ1) is 34.8. The molecule has 4 atom stereocenters. The van der Waals surface area contributed by atoms with Gasteiger partial charge in [0.2, 0.25) is 23.6 Å². The Hall–Kier alpha value is -3.72.